The van der Waals surface area contributed by atoms with E-state index in [4.69, 9.17) is 9.16 Å². The largest absolute Gasteiger partial charge is 0.407 e. The van der Waals surface area contributed by atoms with Crippen molar-refractivity contribution in [1.29, 1.82) is 0 Å². The molecule has 0 spiro atoms. The smallest absolute Gasteiger partial charge is 0.193 e. The molecule has 4 nitrogen and oxygen atoms in total. The minimum Gasteiger partial charge on any atom is -0.407 e. The van der Waals surface area contributed by atoms with Gasteiger partial charge in [-0.1, -0.05) is 81.4 Å². The predicted octanol–water partition coefficient (Wildman–Crippen LogP) is 6.25. The number of ether oxygens (including phenoxy) is 1. The maximum atomic E-state index is 11.8. The van der Waals surface area contributed by atoms with Crippen LogP contribution >= 0.6 is 23.5 Å². The minimum atomic E-state index is -2.23. The zero-order valence-electron chi connectivity index (χ0n) is 21.0. The third-order valence-electron chi connectivity index (χ3n) is 6.76. The maximum absolute atomic E-state index is 11.8. The fraction of sp³-hybridized carbons (Fsp3) is 0.556. The molecule has 0 unspecified atom stereocenters. The van der Waals surface area contributed by atoms with Gasteiger partial charge in [-0.2, -0.15) is 0 Å². The molecule has 0 amide bonds. The lowest BCUT2D eigenvalue weighted by Crippen LogP contribution is -2.51. The van der Waals surface area contributed by atoms with Crippen molar-refractivity contribution in [2.24, 2.45) is 0 Å². The average Bonchev–Trinajstić information content (AvgIpc) is 2.83. The lowest BCUT2D eigenvalue weighted by molar-refractivity contribution is -0.134. The molecule has 1 saturated heterocycles. The van der Waals surface area contributed by atoms with Gasteiger partial charge in [0.15, 0.2) is 8.32 Å². The molecule has 2 aromatic carbocycles. The monoisotopic (exact) mass is 520 g/mol. The molecule has 0 aromatic heterocycles. The first-order valence-corrected chi connectivity index (χ1v) is 17.1. The summed E-state index contributed by atoms with van der Waals surface area (Å²) in [5.41, 5.74) is 1.92. The summed E-state index contributed by atoms with van der Waals surface area (Å²) >= 11 is 3.51. The van der Waals surface area contributed by atoms with Crippen molar-refractivity contribution in [3.05, 3.63) is 71.8 Å². The van der Waals surface area contributed by atoms with Gasteiger partial charge in [0.25, 0.3) is 0 Å². The van der Waals surface area contributed by atoms with Gasteiger partial charge in [0.1, 0.15) is 18.3 Å². The highest BCUT2D eigenvalue weighted by atomic mass is 32.2. The summed E-state index contributed by atoms with van der Waals surface area (Å²) in [5.74, 6) is 2.03. The van der Waals surface area contributed by atoms with Gasteiger partial charge in [0.2, 0.25) is 0 Å². The molecule has 1 fully saturated rings. The van der Waals surface area contributed by atoms with Crippen molar-refractivity contribution in [2.45, 2.75) is 80.9 Å². The van der Waals surface area contributed by atoms with Crippen molar-refractivity contribution in [2.75, 3.05) is 11.5 Å². The second-order valence-electron chi connectivity index (χ2n) is 10.4. The van der Waals surface area contributed by atoms with Crippen LogP contribution in [0.2, 0.25) is 18.1 Å². The molecule has 4 atom stereocenters. The van der Waals surface area contributed by atoms with Gasteiger partial charge in [-0.25, -0.2) is 0 Å². The summed E-state index contributed by atoms with van der Waals surface area (Å²) in [6, 6.07) is 19.8. The van der Waals surface area contributed by atoms with Crippen LogP contribution in [0, 0.1) is 0 Å². The molecule has 188 valence electrons. The summed E-state index contributed by atoms with van der Waals surface area (Å²) < 4.78 is 13.1. The second-order valence-corrected chi connectivity index (χ2v) is 18.0. The van der Waals surface area contributed by atoms with E-state index in [1.165, 1.54) is 0 Å². The van der Waals surface area contributed by atoms with E-state index >= 15 is 0 Å². The molecule has 34 heavy (non-hydrogen) atoms. The predicted molar refractivity (Wildman–Crippen MR) is 148 cm³/mol. The topological polar surface area (TPSA) is 58.9 Å². The maximum Gasteiger partial charge on any atom is 0.193 e. The lowest BCUT2D eigenvalue weighted by Gasteiger charge is -2.43. The van der Waals surface area contributed by atoms with Gasteiger partial charge in [-0.05, 0) is 47.2 Å². The van der Waals surface area contributed by atoms with Gasteiger partial charge < -0.3 is 19.4 Å². The fourth-order valence-corrected chi connectivity index (χ4v) is 7.87. The third kappa shape index (κ3) is 7.35. The number of aliphatic hydroxyl groups excluding tert-OH is 2. The molecule has 0 aliphatic carbocycles. The average molecular weight is 521 g/mol. The molecule has 0 radical (unpaired) electrons. The van der Waals surface area contributed by atoms with E-state index in [-0.39, 0.29) is 9.62 Å². The Labute approximate surface area is 215 Å². The molecule has 0 bridgehead atoms. The number of hydrogen-bond acceptors (Lipinski definition) is 6. The zero-order chi connectivity index (χ0) is 24.8. The first kappa shape index (κ1) is 27.8. The van der Waals surface area contributed by atoms with Crippen LogP contribution in [-0.4, -0.2) is 52.9 Å². The third-order valence-corrected chi connectivity index (χ3v) is 14.3. The van der Waals surface area contributed by atoms with Gasteiger partial charge >= 0.3 is 0 Å². The van der Waals surface area contributed by atoms with Crippen LogP contribution in [0.15, 0.2) is 60.7 Å². The van der Waals surface area contributed by atoms with Crippen LogP contribution in [0.25, 0.3) is 0 Å². The van der Waals surface area contributed by atoms with E-state index < -0.39 is 32.7 Å². The molecule has 0 saturated carbocycles. The van der Waals surface area contributed by atoms with Gasteiger partial charge in [-0.3, -0.25) is 0 Å². The summed E-state index contributed by atoms with van der Waals surface area (Å²) in [6.45, 7) is 11.3. The number of rotatable bonds is 10. The Bertz CT molecular complexity index is 854. The lowest BCUT2D eigenvalue weighted by atomic mass is 9.97. The van der Waals surface area contributed by atoms with Gasteiger partial charge in [0.05, 0.1) is 17.3 Å². The molecule has 3 rings (SSSR count). The summed E-state index contributed by atoms with van der Waals surface area (Å²) in [6.07, 6.45) is -2.06. The van der Waals surface area contributed by atoms with Crippen molar-refractivity contribution >= 4 is 31.8 Å². The Kier molecular flexibility index (Phi) is 10.2. The van der Waals surface area contributed by atoms with Crippen LogP contribution in [-0.2, 0) is 15.8 Å². The first-order valence-electron chi connectivity index (χ1n) is 12.1. The molecule has 2 aromatic rings. The van der Waals surface area contributed by atoms with E-state index in [1.54, 1.807) is 23.5 Å². The summed E-state index contributed by atoms with van der Waals surface area (Å²) in [5, 5.41) is 23.3. The van der Waals surface area contributed by atoms with Crippen molar-refractivity contribution in [1.82, 2.24) is 0 Å². The summed E-state index contributed by atoms with van der Waals surface area (Å²) in [7, 11) is -2.23. The quantitative estimate of drug-likeness (QED) is 0.361. The molecule has 7 heteroatoms. The van der Waals surface area contributed by atoms with Crippen molar-refractivity contribution < 1.29 is 19.4 Å². The molecule has 1 aliphatic heterocycles. The van der Waals surface area contributed by atoms with E-state index in [0.29, 0.717) is 6.61 Å². The molecular weight excluding hydrogens is 481 g/mol. The van der Waals surface area contributed by atoms with Crippen LogP contribution in [0.4, 0.5) is 0 Å². The Morgan fingerprint density at radius 2 is 1.50 bits per heavy atom. The van der Waals surface area contributed by atoms with Crippen LogP contribution < -0.4 is 0 Å². The van der Waals surface area contributed by atoms with Gasteiger partial charge in [0, 0.05) is 0 Å². The molecule has 1 aliphatic rings. The van der Waals surface area contributed by atoms with Gasteiger partial charge in [-0.15, -0.1) is 23.5 Å². The number of thioether (sulfide) groups is 2. The van der Waals surface area contributed by atoms with Crippen molar-refractivity contribution in [3.8, 4) is 0 Å². The van der Waals surface area contributed by atoms with E-state index in [0.717, 1.165) is 29.1 Å². The normalized spacial score (nSPS) is 19.4. The standard InChI is InChI=1S/C27H40O4S2Si/c1-27(2,3)34(4,5)31-24(21-15-10-7-11-16-21)22(28)25(23(29)26-32-17-12-18-33-26)30-19-20-13-8-6-9-14-20/h6-11,13-16,22-26,28-29H,12,17-19H2,1-5H3/t22-,23-,24+,25+/m1/s1. The molecule has 2 N–H and O–H groups in total. The van der Waals surface area contributed by atoms with E-state index in [2.05, 4.69) is 33.9 Å². The molecular formula is C27H40O4S2Si. The number of benzene rings is 2. The SMILES string of the molecule is CC(C)(C)[Si](C)(C)O[C@@H](c1ccccc1)[C@@H](O)[C@H](OCc1ccccc1)[C@@H](O)C1SCCCS1. The summed E-state index contributed by atoms with van der Waals surface area (Å²) in [4.78, 5) is 0. The minimum absolute atomic E-state index is 0.0200. The van der Waals surface area contributed by atoms with E-state index in [9.17, 15) is 10.2 Å². The van der Waals surface area contributed by atoms with Crippen LogP contribution in [0.5, 0.6) is 0 Å². The number of aliphatic hydroxyl groups is 2. The molecule has 1 heterocycles. The second kappa shape index (κ2) is 12.4. The first-order chi connectivity index (χ1) is 16.1. The highest BCUT2D eigenvalue weighted by Gasteiger charge is 2.45. The Hall–Kier alpha value is -0.803. The van der Waals surface area contributed by atoms with Crippen molar-refractivity contribution in [3.63, 3.8) is 0 Å². The fourth-order valence-electron chi connectivity index (χ4n) is 3.67. The zero-order valence-corrected chi connectivity index (χ0v) is 23.6. The Morgan fingerprint density at radius 1 is 0.941 bits per heavy atom. The number of hydrogen-bond donors (Lipinski definition) is 2. The highest BCUT2D eigenvalue weighted by Crippen LogP contribution is 2.42. The Morgan fingerprint density at radius 3 is 2.06 bits per heavy atom. The highest BCUT2D eigenvalue weighted by molar-refractivity contribution is 8.17. The van der Waals surface area contributed by atoms with Crippen LogP contribution in [0.1, 0.15) is 44.4 Å². The van der Waals surface area contributed by atoms with Crippen LogP contribution in [0.3, 0.4) is 0 Å². The van der Waals surface area contributed by atoms with E-state index in [1.807, 2.05) is 60.7 Å². The Balaban J connectivity index is 1.91.